The molecule has 5 aromatic rings. The lowest BCUT2D eigenvalue weighted by atomic mass is 9.79. The Morgan fingerprint density at radius 1 is 1.04 bits per heavy atom. The van der Waals surface area contributed by atoms with E-state index in [-0.39, 0.29) is 58.9 Å². The zero-order chi connectivity index (χ0) is 37.0. The highest BCUT2D eigenvalue weighted by Gasteiger charge is 2.55. The van der Waals surface area contributed by atoms with E-state index in [0.717, 1.165) is 66.8 Å². The van der Waals surface area contributed by atoms with E-state index < -0.39 is 5.82 Å². The van der Waals surface area contributed by atoms with Crippen molar-refractivity contribution in [2.45, 2.75) is 69.6 Å². The molecule has 4 saturated heterocycles. The first-order valence-electron chi connectivity index (χ1n) is 19.0. The number of nitriles is 2. The van der Waals surface area contributed by atoms with E-state index in [1.807, 2.05) is 31.2 Å². The number of carbonyl (C=O) groups excluding carboxylic acids is 1. The first kappa shape index (κ1) is 33.9. The van der Waals surface area contributed by atoms with Crippen LogP contribution in [0.1, 0.15) is 66.7 Å². The maximum atomic E-state index is 17.3. The Balaban J connectivity index is 1.21. The molecule has 2 saturated carbocycles. The average Bonchev–Trinajstić information content (AvgIpc) is 3.46. The van der Waals surface area contributed by atoms with Crippen LogP contribution in [0.15, 0.2) is 54.6 Å². The van der Waals surface area contributed by atoms with E-state index >= 15 is 4.39 Å². The van der Waals surface area contributed by atoms with Gasteiger partial charge in [-0.25, -0.2) is 9.37 Å². The quantitative estimate of drug-likeness (QED) is 0.178. The van der Waals surface area contributed by atoms with Crippen LogP contribution in [-0.2, 0) is 11.2 Å². The van der Waals surface area contributed by atoms with Crippen LogP contribution in [0.25, 0.3) is 32.9 Å². The van der Waals surface area contributed by atoms with E-state index in [9.17, 15) is 15.3 Å². The third-order valence-corrected chi connectivity index (χ3v) is 13.7. The van der Waals surface area contributed by atoms with Crippen LogP contribution < -0.4 is 10.2 Å². The normalized spacial score (nSPS) is 25.6. The number of anilines is 1. The molecule has 6 aliphatic rings. The van der Waals surface area contributed by atoms with E-state index in [0.29, 0.717) is 51.5 Å². The number of carbonyl (C=O) groups is 1. The summed E-state index contributed by atoms with van der Waals surface area (Å²) in [5.41, 5.74) is 6.13. The highest BCUT2D eigenvalue weighted by molar-refractivity contribution is 6.43. The number of aromatic nitrogens is 2. The molecule has 8 nitrogen and oxygen atoms in total. The Hall–Kier alpha value is -4.67. The molecule has 54 heavy (non-hydrogen) atoms. The molecule has 1 amide bonds. The lowest BCUT2D eigenvalue weighted by Crippen LogP contribution is -2.45. The van der Waals surface area contributed by atoms with Crippen molar-refractivity contribution in [3.8, 4) is 23.3 Å². The molecule has 6 fully saturated rings. The monoisotopic (exact) mass is 757 g/mol. The van der Waals surface area contributed by atoms with E-state index in [4.69, 9.17) is 28.2 Å². The summed E-state index contributed by atoms with van der Waals surface area (Å²) in [7, 11) is 0. The number of aryl methyl sites for hydroxylation is 2. The molecular weight excluding hydrogens is 720 g/mol. The van der Waals surface area contributed by atoms with Gasteiger partial charge in [-0.2, -0.15) is 10.5 Å². The molecule has 0 spiro atoms. The number of nitrogens with one attached hydrogen (secondary N) is 1. The Labute approximate surface area is 323 Å². The van der Waals surface area contributed by atoms with Crippen LogP contribution in [0.5, 0.6) is 0 Å². The molecule has 2 aromatic heterocycles. The van der Waals surface area contributed by atoms with Crippen molar-refractivity contribution < 1.29 is 9.18 Å². The van der Waals surface area contributed by atoms with E-state index in [1.54, 1.807) is 18.2 Å². The van der Waals surface area contributed by atoms with Crippen molar-refractivity contribution in [1.82, 2.24) is 19.8 Å². The van der Waals surface area contributed by atoms with Gasteiger partial charge < -0.3 is 19.7 Å². The summed E-state index contributed by atoms with van der Waals surface area (Å²) >= 11 is 13.2. The molecule has 6 atom stereocenters. The van der Waals surface area contributed by atoms with Gasteiger partial charge in [0.25, 0.3) is 0 Å². The number of hydrogen-bond donors (Lipinski definition) is 1. The number of benzene rings is 3. The summed E-state index contributed by atoms with van der Waals surface area (Å²) in [5.74, 6) is 0.388. The second kappa shape index (κ2) is 12.7. The predicted molar refractivity (Wildman–Crippen MR) is 208 cm³/mol. The fraction of sp³-hybridized carbons (Fsp3) is 0.395. The van der Waals surface area contributed by atoms with Gasteiger partial charge >= 0.3 is 0 Å². The number of piperidine rings is 1. The van der Waals surface area contributed by atoms with Crippen LogP contribution >= 0.6 is 23.2 Å². The summed E-state index contributed by atoms with van der Waals surface area (Å²) in [6.07, 6.45) is 4.37. The largest absolute Gasteiger partial charge is 0.369 e. The van der Waals surface area contributed by atoms with Gasteiger partial charge in [0.1, 0.15) is 5.52 Å². The number of rotatable bonds is 7. The van der Waals surface area contributed by atoms with Gasteiger partial charge in [-0.1, -0.05) is 41.4 Å². The van der Waals surface area contributed by atoms with Crippen LogP contribution in [0.4, 0.5) is 10.1 Å². The molecule has 0 unspecified atom stereocenters. The minimum Gasteiger partial charge on any atom is -0.369 e. The SMILES string of the molecule is Cc1nc2c(F)c(-c3cccc(Cl)c3Cl)c(CCC#N)cc2c2c1cc([C@H]1[C@H]3C[C@H](CN(c4cccc(C#N)c4)C3)N1C(=O)C1CC1)n2[C@H]1[C@H]2CN[C@@H]1C2. The molecule has 4 bridgehead atoms. The Morgan fingerprint density at radius 2 is 1.87 bits per heavy atom. The molecular formula is C43H38Cl2FN7O. The number of hydrogen-bond acceptors (Lipinski definition) is 6. The number of amides is 1. The maximum absolute atomic E-state index is 17.3. The van der Waals surface area contributed by atoms with Gasteiger partial charge in [0.05, 0.1) is 51.4 Å². The molecule has 3 aromatic carbocycles. The first-order chi connectivity index (χ1) is 26.2. The molecule has 11 heteroatoms. The number of fused-ring (bicyclic) bond motifs is 6. The number of pyridine rings is 1. The van der Waals surface area contributed by atoms with Gasteiger partial charge in [-0.3, -0.25) is 4.79 Å². The smallest absolute Gasteiger partial charge is 0.226 e. The highest BCUT2D eigenvalue weighted by Crippen LogP contribution is 2.54. The van der Waals surface area contributed by atoms with Crippen LogP contribution in [-0.4, -0.2) is 52.1 Å². The summed E-state index contributed by atoms with van der Waals surface area (Å²) in [4.78, 5) is 24.0. The van der Waals surface area contributed by atoms with Gasteiger partial charge in [-0.05, 0) is 86.9 Å². The van der Waals surface area contributed by atoms with Crippen LogP contribution in [0, 0.1) is 53.2 Å². The summed E-state index contributed by atoms with van der Waals surface area (Å²) in [5, 5.41) is 25.3. The fourth-order valence-electron chi connectivity index (χ4n) is 10.3. The highest BCUT2D eigenvalue weighted by atomic mass is 35.5. The van der Waals surface area contributed by atoms with Gasteiger partial charge in [-0.15, -0.1) is 0 Å². The zero-order valence-electron chi connectivity index (χ0n) is 29.8. The van der Waals surface area contributed by atoms with E-state index in [2.05, 4.69) is 44.0 Å². The third-order valence-electron chi connectivity index (χ3n) is 12.9. The Bertz CT molecular complexity index is 2480. The van der Waals surface area contributed by atoms with E-state index in [1.165, 1.54) is 0 Å². The average molecular weight is 759 g/mol. The summed E-state index contributed by atoms with van der Waals surface area (Å²) in [6, 6.07) is 22.1. The Morgan fingerprint density at radius 3 is 2.61 bits per heavy atom. The second-order valence-electron chi connectivity index (χ2n) is 16.0. The second-order valence-corrected chi connectivity index (χ2v) is 16.7. The summed E-state index contributed by atoms with van der Waals surface area (Å²) < 4.78 is 19.8. The molecule has 6 heterocycles. The van der Waals surface area contributed by atoms with Crippen molar-refractivity contribution in [3.05, 3.63) is 93.0 Å². The molecule has 2 aliphatic carbocycles. The first-order valence-corrected chi connectivity index (χ1v) is 19.8. The Kier molecular flexibility index (Phi) is 7.96. The number of nitrogens with zero attached hydrogens (tertiary/aromatic N) is 6. The van der Waals surface area contributed by atoms with Crippen molar-refractivity contribution >= 4 is 56.6 Å². The van der Waals surface area contributed by atoms with Gasteiger partial charge in [0.15, 0.2) is 5.82 Å². The minimum atomic E-state index is -0.476. The molecule has 1 N–H and O–H groups in total. The lowest BCUT2D eigenvalue weighted by Gasteiger charge is -2.40. The molecule has 11 rings (SSSR count). The van der Waals surface area contributed by atoms with Gasteiger partial charge in [0, 0.05) is 82.9 Å². The van der Waals surface area contributed by atoms with Crippen LogP contribution in [0.2, 0.25) is 10.0 Å². The fourth-order valence-corrected chi connectivity index (χ4v) is 10.7. The maximum Gasteiger partial charge on any atom is 0.226 e. The topological polar surface area (TPSA) is 101 Å². The van der Waals surface area contributed by atoms with Crippen molar-refractivity contribution in [2.75, 3.05) is 24.5 Å². The number of likely N-dealkylation sites (tertiary alicyclic amines) is 1. The van der Waals surface area contributed by atoms with Crippen molar-refractivity contribution in [3.63, 3.8) is 0 Å². The summed E-state index contributed by atoms with van der Waals surface area (Å²) in [6.45, 7) is 4.34. The minimum absolute atomic E-state index is 0.0336. The number of halogens is 3. The molecule has 272 valence electrons. The van der Waals surface area contributed by atoms with Crippen LogP contribution in [0.3, 0.4) is 0 Å². The zero-order valence-corrected chi connectivity index (χ0v) is 31.3. The predicted octanol–water partition coefficient (Wildman–Crippen LogP) is 8.66. The standard InChI is InChI=1S/C43H38Cl2FN7O/c1-22-31-17-35(41-27-14-29(52(41)43(54)24-10-11-24)21-51(20-27)28-7-2-5-23(13-28)18-48)53(40-26-16-34(40)49-19-26)42(31)32-15-25(6-4-12-47)36(38(46)39(32)50-22)30-8-3-9-33(44)37(30)45/h2-3,5,7-9,13,15,17,24,26-27,29,34,40-41,49H,4,6,10-11,14,16,19-21H2,1H3/t26-,27+,29-,34-,40+,41-/m1/s1. The van der Waals surface area contributed by atoms with Crippen molar-refractivity contribution in [1.29, 1.82) is 10.5 Å². The lowest BCUT2D eigenvalue weighted by molar-refractivity contribution is -0.135. The molecule has 0 radical (unpaired) electrons. The third kappa shape index (κ3) is 5.09. The molecule has 4 aliphatic heterocycles. The van der Waals surface area contributed by atoms with Crippen molar-refractivity contribution in [2.24, 2.45) is 17.8 Å². The van der Waals surface area contributed by atoms with Gasteiger partial charge in [0.2, 0.25) is 5.91 Å².